The highest BCUT2D eigenvalue weighted by atomic mass is 16.5. The molecule has 2 aromatic rings. The van der Waals surface area contributed by atoms with Crippen molar-refractivity contribution in [3.63, 3.8) is 0 Å². The smallest absolute Gasteiger partial charge is 0.338 e. The minimum atomic E-state index is -1.28. The topological polar surface area (TPSA) is 105 Å². The van der Waals surface area contributed by atoms with Crippen LogP contribution in [0.4, 0.5) is 16.2 Å². The number of amides is 4. The number of rotatable bonds is 5. The molecule has 0 aliphatic carbocycles. The van der Waals surface area contributed by atoms with Crippen molar-refractivity contribution in [2.45, 2.75) is 13.8 Å². The Hall–Kier alpha value is -3.81. The average molecular weight is 393 g/mol. The summed E-state index contributed by atoms with van der Waals surface area (Å²) in [5.74, 6) is -3.23. The number of urea groups is 1. The summed E-state index contributed by atoms with van der Waals surface area (Å²) in [6, 6.07) is 12.3. The van der Waals surface area contributed by atoms with Crippen LogP contribution in [0.5, 0.6) is 0 Å². The standard InChI is InChI=1S/C21H19N3O5/c1-3-29-20(27)14-7-5-8-15(11-14)22-12-17-18(25)23-21(28)24(19(17)26)16-9-4-6-13(2)10-16/h4-12,17H,3H2,1-2H3,(H,23,25,28)/t17-/m1/s1. The zero-order valence-electron chi connectivity index (χ0n) is 15.9. The first-order valence-electron chi connectivity index (χ1n) is 8.97. The van der Waals surface area contributed by atoms with Gasteiger partial charge < -0.3 is 4.74 Å². The third-order valence-corrected chi connectivity index (χ3v) is 4.19. The average Bonchev–Trinajstić information content (AvgIpc) is 2.68. The number of anilines is 1. The first-order valence-corrected chi connectivity index (χ1v) is 8.97. The molecule has 1 heterocycles. The number of hydrogen-bond acceptors (Lipinski definition) is 6. The Morgan fingerprint density at radius 2 is 1.93 bits per heavy atom. The first-order chi connectivity index (χ1) is 13.9. The second-order valence-electron chi connectivity index (χ2n) is 6.33. The maximum atomic E-state index is 12.8. The van der Waals surface area contributed by atoms with Crippen LogP contribution in [0.25, 0.3) is 0 Å². The lowest BCUT2D eigenvalue weighted by Gasteiger charge is -2.28. The number of ether oxygens (including phenoxy) is 1. The number of carbonyl (C=O) groups excluding carboxylic acids is 4. The van der Waals surface area contributed by atoms with Crippen molar-refractivity contribution in [2.75, 3.05) is 11.5 Å². The summed E-state index contributed by atoms with van der Waals surface area (Å²) in [6.07, 6.45) is 1.16. The molecular weight excluding hydrogens is 374 g/mol. The van der Waals surface area contributed by atoms with Gasteiger partial charge in [-0.2, -0.15) is 0 Å². The first kappa shape index (κ1) is 19.9. The third-order valence-electron chi connectivity index (χ3n) is 4.19. The molecule has 0 spiro atoms. The molecule has 1 aliphatic rings. The highest BCUT2D eigenvalue weighted by Gasteiger charge is 2.40. The lowest BCUT2D eigenvalue weighted by molar-refractivity contribution is -0.131. The van der Waals surface area contributed by atoms with Crippen molar-refractivity contribution in [3.05, 3.63) is 59.7 Å². The van der Waals surface area contributed by atoms with Crippen LogP contribution in [0.15, 0.2) is 53.5 Å². The lowest BCUT2D eigenvalue weighted by Crippen LogP contribution is -2.58. The molecular formula is C21H19N3O5. The number of aliphatic imine (C=N–C) groups is 1. The summed E-state index contributed by atoms with van der Waals surface area (Å²) in [4.78, 5) is 54.1. The Bertz CT molecular complexity index is 1010. The SMILES string of the molecule is CCOC(=O)c1cccc(N=C[C@@H]2C(=O)NC(=O)N(c3cccc(C)c3)C2=O)c1. The van der Waals surface area contributed by atoms with E-state index in [0.717, 1.165) is 16.7 Å². The van der Waals surface area contributed by atoms with Crippen molar-refractivity contribution in [1.82, 2.24) is 5.32 Å². The van der Waals surface area contributed by atoms with Gasteiger partial charge in [0.1, 0.15) is 0 Å². The quantitative estimate of drug-likeness (QED) is 0.478. The van der Waals surface area contributed by atoms with Crippen molar-refractivity contribution < 1.29 is 23.9 Å². The number of imide groups is 2. The molecule has 1 aliphatic heterocycles. The Labute approximate surface area is 167 Å². The molecule has 8 heteroatoms. The van der Waals surface area contributed by atoms with E-state index in [0.29, 0.717) is 16.9 Å². The summed E-state index contributed by atoms with van der Waals surface area (Å²) >= 11 is 0. The zero-order valence-corrected chi connectivity index (χ0v) is 15.9. The number of nitrogens with zero attached hydrogens (tertiary/aromatic N) is 2. The van der Waals surface area contributed by atoms with E-state index in [1.54, 1.807) is 43.3 Å². The van der Waals surface area contributed by atoms with Gasteiger partial charge >= 0.3 is 12.0 Å². The molecule has 0 bridgehead atoms. The summed E-state index contributed by atoms with van der Waals surface area (Å²) in [5, 5.41) is 2.17. The fourth-order valence-corrected chi connectivity index (χ4v) is 2.82. The maximum Gasteiger partial charge on any atom is 0.338 e. The van der Waals surface area contributed by atoms with E-state index in [1.807, 2.05) is 13.0 Å². The van der Waals surface area contributed by atoms with E-state index in [4.69, 9.17) is 4.74 Å². The monoisotopic (exact) mass is 393 g/mol. The lowest BCUT2D eigenvalue weighted by atomic mass is 10.1. The number of carbonyl (C=O) groups is 4. The molecule has 0 saturated carbocycles. The molecule has 4 amide bonds. The van der Waals surface area contributed by atoms with Gasteiger partial charge in [0.25, 0.3) is 5.91 Å². The number of nitrogens with one attached hydrogen (secondary N) is 1. The van der Waals surface area contributed by atoms with Crippen molar-refractivity contribution in [2.24, 2.45) is 10.9 Å². The molecule has 0 aromatic heterocycles. The summed E-state index contributed by atoms with van der Waals surface area (Å²) in [5.41, 5.74) is 1.90. The maximum absolute atomic E-state index is 12.8. The van der Waals surface area contributed by atoms with Gasteiger partial charge in [-0.15, -0.1) is 0 Å². The van der Waals surface area contributed by atoms with E-state index < -0.39 is 29.7 Å². The van der Waals surface area contributed by atoms with Crippen LogP contribution in [0.2, 0.25) is 0 Å². The molecule has 148 valence electrons. The van der Waals surface area contributed by atoms with Crippen molar-refractivity contribution >= 4 is 41.4 Å². The van der Waals surface area contributed by atoms with Gasteiger partial charge in [-0.3, -0.25) is 19.9 Å². The fourth-order valence-electron chi connectivity index (χ4n) is 2.82. The van der Waals surface area contributed by atoms with Gasteiger partial charge in [0.2, 0.25) is 5.91 Å². The van der Waals surface area contributed by atoms with Gasteiger partial charge in [0, 0.05) is 6.21 Å². The molecule has 1 N–H and O–H groups in total. The van der Waals surface area contributed by atoms with Gasteiger partial charge in [-0.1, -0.05) is 18.2 Å². The van der Waals surface area contributed by atoms with E-state index in [1.165, 1.54) is 6.07 Å². The van der Waals surface area contributed by atoms with Crippen LogP contribution in [0.3, 0.4) is 0 Å². The van der Waals surface area contributed by atoms with Crippen molar-refractivity contribution in [1.29, 1.82) is 0 Å². The fraction of sp³-hybridized carbons (Fsp3) is 0.190. The van der Waals surface area contributed by atoms with Crippen LogP contribution in [-0.4, -0.2) is 36.6 Å². The molecule has 1 atom stereocenters. The second-order valence-corrected chi connectivity index (χ2v) is 6.33. The number of hydrogen-bond donors (Lipinski definition) is 1. The Balaban J connectivity index is 1.85. The van der Waals surface area contributed by atoms with Crippen LogP contribution < -0.4 is 10.2 Å². The van der Waals surface area contributed by atoms with Crippen molar-refractivity contribution in [3.8, 4) is 0 Å². The molecule has 8 nitrogen and oxygen atoms in total. The molecule has 2 aromatic carbocycles. The molecule has 29 heavy (non-hydrogen) atoms. The molecule has 1 saturated heterocycles. The van der Waals surface area contributed by atoms with Gasteiger partial charge in [-0.05, 0) is 49.7 Å². The largest absolute Gasteiger partial charge is 0.462 e. The van der Waals surface area contributed by atoms with Gasteiger partial charge in [-0.25, -0.2) is 14.5 Å². The van der Waals surface area contributed by atoms with E-state index in [9.17, 15) is 19.2 Å². The number of benzene rings is 2. The number of esters is 1. The number of aryl methyl sites for hydroxylation is 1. The summed E-state index contributed by atoms with van der Waals surface area (Å²) in [7, 11) is 0. The Kier molecular flexibility index (Phi) is 5.82. The van der Waals surface area contributed by atoms with Crippen LogP contribution in [-0.2, 0) is 14.3 Å². The van der Waals surface area contributed by atoms with E-state index in [2.05, 4.69) is 10.3 Å². The molecule has 0 unspecified atom stereocenters. The second kappa shape index (κ2) is 8.47. The molecule has 0 radical (unpaired) electrons. The van der Waals surface area contributed by atoms with E-state index >= 15 is 0 Å². The van der Waals surface area contributed by atoms with Crippen LogP contribution >= 0.6 is 0 Å². The van der Waals surface area contributed by atoms with E-state index in [-0.39, 0.29) is 6.61 Å². The highest BCUT2D eigenvalue weighted by molar-refractivity contribution is 6.32. The predicted octanol–water partition coefficient (Wildman–Crippen LogP) is 2.77. The molecule has 3 rings (SSSR count). The summed E-state index contributed by atoms with van der Waals surface area (Å²) < 4.78 is 4.94. The third kappa shape index (κ3) is 4.37. The van der Waals surface area contributed by atoms with Gasteiger partial charge in [0.15, 0.2) is 5.92 Å². The van der Waals surface area contributed by atoms with Crippen LogP contribution in [0, 0.1) is 12.8 Å². The van der Waals surface area contributed by atoms with Gasteiger partial charge in [0.05, 0.1) is 23.5 Å². The normalized spacial score (nSPS) is 16.8. The highest BCUT2D eigenvalue weighted by Crippen LogP contribution is 2.22. The minimum Gasteiger partial charge on any atom is -0.462 e. The Morgan fingerprint density at radius 1 is 1.17 bits per heavy atom. The molecule has 1 fully saturated rings. The Morgan fingerprint density at radius 3 is 2.66 bits per heavy atom. The predicted molar refractivity (Wildman–Crippen MR) is 106 cm³/mol. The number of barbiturate groups is 1. The summed E-state index contributed by atoms with van der Waals surface area (Å²) in [6.45, 7) is 3.77. The zero-order chi connectivity index (χ0) is 21.0. The minimum absolute atomic E-state index is 0.242. The van der Waals surface area contributed by atoms with Crippen LogP contribution in [0.1, 0.15) is 22.8 Å².